The molecule has 9 heteroatoms. The van der Waals surface area contributed by atoms with E-state index in [0.717, 1.165) is 18.7 Å². The lowest BCUT2D eigenvalue weighted by Crippen LogP contribution is -2.42. The number of fused-ring (bicyclic) bond motifs is 1. The molecule has 1 fully saturated rings. The van der Waals surface area contributed by atoms with Gasteiger partial charge in [0.2, 0.25) is 0 Å². The average molecular weight is 464 g/mol. The van der Waals surface area contributed by atoms with Gasteiger partial charge < -0.3 is 24.1 Å². The Balaban J connectivity index is 1.36. The van der Waals surface area contributed by atoms with Crippen LogP contribution in [0, 0.1) is 5.82 Å². The van der Waals surface area contributed by atoms with Crippen LogP contribution in [0.2, 0.25) is 0 Å². The molecule has 1 atom stereocenters. The van der Waals surface area contributed by atoms with Gasteiger partial charge in [0.15, 0.2) is 5.65 Å². The molecular formula is C25H25FN4O4. The predicted molar refractivity (Wildman–Crippen MR) is 126 cm³/mol. The molecule has 4 aromatic rings. The number of aromatic nitrogens is 3. The van der Waals surface area contributed by atoms with Crippen molar-refractivity contribution in [2.45, 2.75) is 6.10 Å². The van der Waals surface area contributed by atoms with Crippen LogP contribution in [-0.2, 0) is 4.74 Å². The number of aliphatic hydroxyl groups is 1. The number of hydrogen-bond acceptors (Lipinski definition) is 6. The van der Waals surface area contributed by atoms with Crippen LogP contribution in [0.5, 0.6) is 5.75 Å². The summed E-state index contributed by atoms with van der Waals surface area (Å²) in [4.78, 5) is 21.7. The molecule has 2 aromatic carbocycles. The third-order valence-electron chi connectivity index (χ3n) is 5.86. The summed E-state index contributed by atoms with van der Waals surface area (Å²) in [5, 5.41) is 10.7. The molecule has 0 spiro atoms. The van der Waals surface area contributed by atoms with E-state index in [-0.39, 0.29) is 18.0 Å². The Labute approximate surface area is 195 Å². The second kappa shape index (κ2) is 9.76. The van der Waals surface area contributed by atoms with Crippen LogP contribution in [0.3, 0.4) is 0 Å². The number of β-amino-alcohol motifs (C(OH)–C–C–N with tert-alkyl or cyclic N) is 1. The van der Waals surface area contributed by atoms with Gasteiger partial charge >= 0.3 is 0 Å². The molecule has 0 radical (unpaired) electrons. The quantitative estimate of drug-likeness (QED) is 0.437. The molecule has 1 aliphatic rings. The van der Waals surface area contributed by atoms with Crippen molar-refractivity contribution >= 4 is 11.0 Å². The van der Waals surface area contributed by atoms with Gasteiger partial charge in [-0.1, -0.05) is 18.2 Å². The van der Waals surface area contributed by atoms with Crippen LogP contribution in [0.25, 0.3) is 27.8 Å². The van der Waals surface area contributed by atoms with Gasteiger partial charge in [0.1, 0.15) is 24.3 Å². The minimum absolute atomic E-state index is 0.180. The molecule has 0 saturated carbocycles. The zero-order chi connectivity index (χ0) is 23.5. The maximum Gasteiger partial charge on any atom is 0.260 e. The molecule has 5 rings (SSSR count). The van der Waals surface area contributed by atoms with Crippen LogP contribution in [-0.4, -0.2) is 70.1 Å². The summed E-state index contributed by atoms with van der Waals surface area (Å²) < 4.78 is 26.6. The first-order valence-electron chi connectivity index (χ1n) is 11.1. The van der Waals surface area contributed by atoms with Crippen molar-refractivity contribution in [2.24, 2.45) is 0 Å². The molecular weight excluding hydrogens is 439 g/mol. The normalized spacial score (nSPS) is 15.5. The van der Waals surface area contributed by atoms with Gasteiger partial charge in [-0.05, 0) is 35.9 Å². The average Bonchev–Trinajstić information content (AvgIpc) is 3.25. The number of hydrogen-bond donors (Lipinski definition) is 2. The fraction of sp³-hybridized carbons (Fsp3) is 0.280. The fourth-order valence-corrected chi connectivity index (χ4v) is 4.17. The van der Waals surface area contributed by atoms with Gasteiger partial charge in [-0.2, -0.15) is 0 Å². The zero-order valence-corrected chi connectivity index (χ0v) is 18.5. The fourth-order valence-electron chi connectivity index (χ4n) is 4.17. The molecule has 176 valence electrons. The van der Waals surface area contributed by atoms with E-state index in [9.17, 15) is 14.3 Å². The highest BCUT2D eigenvalue weighted by atomic mass is 19.1. The Bertz CT molecular complexity index is 1330. The molecule has 2 N–H and O–H groups in total. The second-order valence-corrected chi connectivity index (χ2v) is 8.23. The minimum Gasteiger partial charge on any atom is -0.491 e. The van der Waals surface area contributed by atoms with E-state index in [0.29, 0.717) is 47.8 Å². The van der Waals surface area contributed by atoms with Crippen molar-refractivity contribution in [3.05, 3.63) is 77.2 Å². The first kappa shape index (κ1) is 22.3. The number of halogens is 1. The minimum atomic E-state index is -0.605. The summed E-state index contributed by atoms with van der Waals surface area (Å²) >= 11 is 0. The van der Waals surface area contributed by atoms with Crippen molar-refractivity contribution in [3.63, 3.8) is 0 Å². The SMILES string of the molecule is O=c1[nH]cnc2c1c(-c1ccc(OCC(O)CN3CCOCC3)cc1)cn2-c1cccc(F)c1. The molecule has 3 heterocycles. The van der Waals surface area contributed by atoms with Crippen LogP contribution >= 0.6 is 0 Å². The Kier molecular flexibility index (Phi) is 6.39. The van der Waals surface area contributed by atoms with Crippen molar-refractivity contribution in [1.29, 1.82) is 0 Å². The number of H-pyrrole nitrogens is 1. The Hall–Kier alpha value is -3.53. The number of aromatic amines is 1. The maximum atomic E-state index is 13.8. The maximum absolute atomic E-state index is 13.8. The lowest BCUT2D eigenvalue weighted by atomic mass is 10.1. The summed E-state index contributed by atoms with van der Waals surface area (Å²) in [5.74, 6) is 0.244. The lowest BCUT2D eigenvalue weighted by Gasteiger charge is -2.28. The van der Waals surface area contributed by atoms with Crippen molar-refractivity contribution in [3.8, 4) is 22.6 Å². The van der Waals surface area contributed by atoms with E-state index < -0.39 is 6.10 Å². The van der Waals surface area contributed by atoms with Gasteiger partial charge in [-0.15, -0.1) is 0 Å². The molecule has 0 aliphatic carbocycles. The standard InChI is InChI=1S/C25H25FN4O4/c26-18-2-1-3-19(12-18)30-14-22(23-24(30)27-16-28-25(23)32)17-4-6-21(7-5-17)34-15-20(31)13-29-8-10-33-11-9-29/h1-7,12,14,16,20,31H,8-11,13,15H2,(H,27,28,32). The van der Waals surface area contributed by atoms with Crippen molar-refractivity contribution < 1.29 is 19.0 Å². The van der Waals surface area contributed by atoms with Crippen molar-refractivity contribution in [2.75, 3.05) is 39.5 Å². The van der Waals surface area contributed by atoms with Gasteiger partial charge in [0, 0.05) is 37.1 Å². The van der Waals surface area contributed by atoms with Crippen LogP contribution in [0.4, 0.5) is 4.39 Å². The monoisotopic (exact) mass is 464 g/mol. The summed E-state index contributed by atoms with van der Waals surface area (Å²) in [7, 11) is 0. The van der Waals surface area contributed by atoms with Gasteiger partial charge in [0.25, 0.3) is 5.56 Å². The number of benzene rings is 2. The third-order valence-corrected chi connectivity index (χ3v) is 5.86. The number of ether oxygens (including phenoxy) is 2. The van der Waals surface area contributed by atoms with Gasteiger partial charge in [-0.3, -0.25) is 9.69 Å². The number of nitrogens with one attached hydrogen (secondary N) is 1. The molecule has 34 heavy (non-hydrogen) atoms. The Morgan fingerprint density at radius 3 is 2.74 bits per heavy atom. The number of aliphatic hydroxyl groups excluding tert-OH is 1. The van der Waals surface area contributed by atoms with Crippen LogP contribution < -0.4 is 10.3 Å². The second-order valence-electron chi connectivity index (χ2n) is 8.23. The molecule has 0 amide bonds. The van der Waals surface area contributed by atoms with Gasteiger partial charge in [0.05, 0.1) is 24.9 Å². The summed E-state index contributed by atoms with van der Waals surface area (Å²) in [6.07, 6.45) is 2.51. The molecule has 1 unspecified atom stereocenters. The number of morpholine rings is 1. The molecule has 0 bridgehead atoms. The molecule has 2 aromatic heterocycles. The van der Waals surface area contributed by atoms with Crippen LogP contribution in [0.15, 0.2) is 65.8 Å². The lowest BCUT2D eigenvalue weighted by molar-refractivity contribution is 0.00466. The zero-order valence-electron chi connectivity index (χ0n) is 18.5. The van der Waals surface area contributed by atoms with Crippen LogP contribution in [0.1, 0.15) is 0 Å². The highest BCUT2D eigenvalue weighted by Crippen LogP contribution is 2.30. The Morgan fingerprint density at radius 1 is 1.18 bits per heavy atom. The largest absolute Gasteiger partial charge is 0.491 e. The van der Waals surface area contributed by atoms with Crippen molar-refractivity contribution in [1.82, 2.24) is 19.4 Å². The molecule has 1 saturated heterocycles. The first-order chi connectivity index (χ1) is 16.6. The van der Waals surface area contributed by atoms with E-state index in [1.54, 1.807) is 35.0 Å². The van der Waals surface area contributed by atoms with E-state index >= 15 is 0 Å². The topological polar surface area (TPSA) is 92.6 Å². The predicted octanol–water partition coefficient (Wildman–Crippen LogP) is 2.59. The summed E-state index contributed by atoms with van der Waals surface area (Å²) in [6.45, 7) is 3.70. The summed E-state index contributed by atoms with van der Waals surface area (Å²) in [5.41, 5.74) is 2.20. The first-order valence-corrected chi connectivity index (χ1v) is 11.1. The molecule has 1 aliphatic heterocycles. The van der Waals surface area contributed by atoms with E-state index in [1.165, 1.54) is 18.5 Å². The number of rotatable bonds is 7. The smallest absolute Gasteiger partial charge is 0.260 e. The van der Waals surface area contributed by atoms with E-state index in [4.69, 9.17) is 9.47 Å². The summed E-state index contributed by atoms with van der Waals surface area (Å²) in [6, 6.07) is 13.4. The van der Waals surface area contributed by atoms with Gasteiger partial charge in [-0.25, -0.2) is 9.37 Å². The highest BCUT2D eigenvalue weighted by Gasteiger charge is 2.17. The third kappa shape index (κ3) is 4.72. The highest BCUT2D eigenvalue weighted by molar-refractivity contribution is 5.94. The van der Waals surface area contributed by atoms with E-state index in [2.05, 4.69) is 14.9 Å². The van der Waals surface area contributed by atoms with E-state index in [1.807, 2.05) is 12.1 Å². The Morgan fingerprint density at radius 2 is 1.97 bits per heavy atom. The molecule has 8 nitrogen and oxygen atoms in total. The number of nitrogens with zero attached hydrogens (tertiary/aromatic N) is 3.